The lowest BCUT2D eigenvalue weighted by Gasteiger charge is -2.13. The molecule has 0 fully saturated rings. The van der Waals surface area contributed by atoms with E-state index in [1.165, 1.54) is 0 Å². The fraction of sp³-hybridized carbons (Fsp3) is 0.312. The van der Waals surface area contributed by atoms with E-state index in [0.717, 1.165) is 31.0 Å². The number of hydrogen-bond acceptors (Lipinski definition) is 3. The number of pyridine rings is 1. The lowest BCUT2D eigenvalue weighted by molar-refractivity contribution is 0.305. The highest BCUT2D eigenvalue weighted by atomic mass is 16.5. The second-order valence-corrected chi connectivity index (χ2v) is 4.45. The molecule has 1 atom stereocenters. The van der Waals surface area contributed by atoms with Crippen molar-refractivity contribution in [2.45, 2.75) is 19.4 Å². The minimum absolute atomic E-state index is 0.276. The second-order valence-electron chi connectivity index (χ2n) is 4.45. The molecule has 0 radical (unpaired) electrons. The SMILES string of the molecule is C[C@@H](NCCCOc1ccccc1)c1ccccn1. The van der Waals surface area contributed by atoms with Crippen molar-refractivity contribution in [3.63, 3.8) is 0 Å². The van der Waals surface area contributed by atoms with Gasteiger partial charge in [-0.25, -0.2) is 0 Å². The van der Waals surface area contributed by atoms with Crippen LogP contribution in [0.4, 0.5) is 0 Å². The fourth-order valence-corrected chi connectivity index (χ4v) is 1.83. The van der Waals surface area contributed by atoms with Gasteiger partial charge in [-0.05, 0) is 44.2 Å². The van der Waals surface area contributed by atoms with Crippen LogP contribution in [0, 0.1) is 0 Å². The van der Waals surface area contributed by atoms with Crippen LogP contribution in [0.1, 0.15) is 25.1 Å². The van der Waals surface area contributed by atoms with Crippen molar-refractivity contribution in [1.29, 1.82) is 0 Å². The quantitative estimate of drug-likeness (QED) is 0.772. The Morgan fingerprint density at radius 2 is 1.89 bits per heavy atom. The molecule has 0 saturated heterocycles. The van der Waals surface area contributed by atoms with Gasteiger partial charge in [0.1, 0.15) is 5.75 Å². The van der Waals surface area contributed by atoms with E-state index in [0.29, 0.717) is 0 Å². The van der Waals surface area contributed by atoms with Gasteiger partial charge in [0.2, 0.25) is 0 Å². The molecule has 0 aliphatic rings. The van der Waals surface area contributed by atoms with E-state index < -0.39 is 0 Å². The van der Waals surface area contributed by atoms with Crippen LogP contribution in [0.3, 0.4) is 0 Å². The summed E-state index contributed by atoms with van der Waals surface area (Å²) in [5.41, 5.74) is 1.08. The maximum absolute atomic E-state index is 5.64. The van der Waals surface area contributed by atoms with Gasteiger partial charge in [0.05, 0.1) is 12.3 Å². The second kappa shape index (κ2) is 7.54. The molecule has 1 aromatic carbocycles. The van der Waals surface area contributed by atoms with Crippen molar-refractivity contribution in [2.75, 3.05) is 13.2 Å². The van der Waals surface area contributed by atoms with Gasteiger partial charge in [0.15, 0.2) is 0 Å². The first-order valence-corrected chi connectivity index (χ1v) is 6.68. The van der Waals surface area contributed by atoms with E-state index >= 15 is 0 Å². The molecule has 3 nitrogen and oxygen atoms in total. The highest BCUT2D eigenvalue weighted by Crippen LogP contribution is 2.09. The molecule has 19 heavy (non-hydrogen) atoms. The summed E-state index contributed by atoms with van der Waals surface area (Å²) in [7, 11) is 0. The zero-order valence-corrected chi connectivity index (χ0v) is 11.3. The Labute approximate surface area is 114 Å². The monoisotopic (exact) mass is 256 g/mol. The lowest BCUT2D eigenvalue weighted by Crippen LogP contribution is -2.22. The molecule has 3 heteroatoms. The van der Waals surface area contributed by atoms with Crippen molar-refractivity contribution in [3.8, 4) is 5.75 Å². The van der Waals surface area contributed by atoms with Crippen LogP contribution in [-0.2, 0) is 0 Å². The van der Waals surface area contributed by atoms with Crippen LogP contribution in [-0.4, -0.2) is 18.1 Å². The van der Waals surface area contributed by atoms with Crippen molar-refractivity contribution in [2.24, 2.45) is 0 Å². The lowest BCUT2D eigenvalue weighted by atomic mass is 10.2. The third kappa shape index (κ3) is 4.72. The number of benzene rings is 1. The molecule has 0 aliphatic heterocycles. The average Bonchev–Trinajstić information content (AvgIpc) is 2.49. The molecule has 100 valence electrons. The van der Waals surface area contributed by atoms with Gasteiger partial charge in [-0.3, -0.25) is 4.98 Å². The van der Waals surface area contributed by atoms with Crippen LogP contribution in [0.15, 0.2) is 54.7 Å². The van der Waals surface area contributed by atoms with Crippen molar-refractivity contribution < 1.29 is 4.74 Å². The molecule has 0 bridgehead atoms. The Kier molecular flexibility index (Phi) is 5.38. The summed E-state index contributed by atoms with van der Waals surface area (Å²) in [4.78, 5) is 4.33. The maximum atomic E-state index is 5.64. The molecule has 1 heterocycles. The number of ether oxygens (including phenoxy) is 1. The number of aromatic nitrogens is 1. The number of hydrogen-bond donors (Lipinski definition) is 1. The molecular formula is C16H20N2O. The average molecular weight is 256 g/mol. The summed E-state index contributed by atoms with van der Waals surface area (Å²) in [6, 6.07) is 16.2. The van der Waals surface area contributed by atoms with Crippen molar-refractivity contribution >= 4 is 0 Å². The zero-order chi connectivity index (χ0) is 13.3. The maximum Gasteiger partial charge on any atom is 0.119 e. The number of para-hydroxylation sites is 1. The minimum atomic E-state index is 0.276. The predicted octanol–water partition coefficient (Wildman–Crippen LogP) is 3.20. The first-order chi connectivity index (χ1) is 9.36. The van der Waals surface area contributed by atoms with Gasteiger partial charge < -0.3 is 10.1 Å². The Balaban J connectivity index is 1.62. The van der Waals surface area contributed by atoms with E-state index in [2.05, 4.69) is 17.2 Å². The van der Waals surface area contributed by atoms with Crippen LogP contribution < -0.4 is 10.1 Å². The summed E-state index contributed by atoms with van der Waals surface area (Å²) >= 11 is 0. The molecule has 0 aliphatic carbocycles. The number of rotatable bonds is 7. The molecule has 2 aromatic rings. The van der Waals surface area contributed by atoms with Gasteiger partial charge in [0, 0.05) is 12.2 Å². The smallest absolute Gasteiger partial charge is 0.119 e. The van der Waals surface area contributed by atoms with Crippen LogP contribution in [0.25, 0.3) is 0 Å². The Morgan fingerprint density at radius 3 is 2.63 bits per heavy atom. The van der Waals surface area contributed by atoms with Crippen molar-refractivity contribution in [3.05, 3.63) is 60.4 Å². The minimum Gasteiger partial charge on any atom is -0.494 e. The number of nitrogens with one attached hydrogen (secondary N) is 1. The Bertz CT molecular complexity index is 459. The first kappa shape index (κ1) is 13.6. The molecule has 1 N–H and O–H groups in total. The standard InChI is InChI=1S/C16H20N2O/c1-14(16-10-5-6-11-18-16)17-12-7-13-19-15-8-3-2-4-9-15/h2-6,8-11,14,17H,7,12-13H2,1H3/t14-/m1/s1. The summed E-state index contributed by atoms with van der Waals surface area (Å²) in [6.07, 6.45) is 2.80. The van der Waals surface area contributed by atoms with Gasteiger partial charge in [-0.1, -0.05) is 24.3 Å². The topological polar surface area (TPSA) is 34.1 Å². The van der Waals surface area contributed by atoms with Gasteiger partial charge in [0.25, 0.3) is 0 Å². The van der Waals surface area contributed by atoms with Gasteiger partial charge in [-0.2, -0.15) is 0 Å². The summed E-state index contributed by atoms with van der Waals surface area (Å²) in [5, 5.41) is 3.44. The zero-order valence-electron chi connectivity index (χ0n) is 11.3. The Hall–Kier alpha value is -1.87. The van der Waals surface area contributed by atoms with Crippen LogP contribution in [0.2, 0.25) is 0 Å². The molecule has 1 aromatic heterocycles. The van der Waals surface area contributed by atoms with Gasteiger partial charge >= 0.3 is 0 Å². The molecule has 0 amide bonds. The predicted molar refractivity (Wildman–Crippen MR) is 77.2 cm³/mol. The summed E-state index contributed by atoms with van der Waals surface area (Å²) in [6.45, 7) is 3.77. The molecule has 0 spiro atoms. The molecule has 2 rings (SSSR count). The van der Waals surface area contributed by atoms with Crippen molar-refractivity contribution in [1.82, 2.24) is 10.3 Å². The first-order valence-electron chi connectivity index (χ1n) is 6.68. The van der Waals surface area contributed by atoms with E-state index in [4.69, 9.17) is 4.74 Å². The van der Waals surface area contributed by atoms with Crippen LogP contribution >= 0.6 is 0 Å². The largest absolute Gasteiger partial charge is 0.494 e. The fourth-order valence-electron chi connectivity index (χ4n) is 1.83. The van der Waals surface area contributed by atoms with E-state index in [-0.39, 0.29) is 6.04 Å². The third-order valence-corrected chi connectivity index (χ3v) is 2.91. The van der Waals surface area contributed by atoms with E-state index in [1.54, 1.807) is 0 Å². The molecule has 0 saturated carbocycles. The highest BCUT2D eigenvalue weighted by molar-refractivity contribution is 5.20. The highest BCUT2D eigenvalue weighted by Gasteiger charge is 2.04. The van der Waals surface area contributed by atoms with E-state index in [9.17, 15) is 0 Å². The van der Waals surface area contributed by atoms with Gasteiger partial charge in [-0.15, -0.1) is 0 Å². The Morgan fingerprint density at radius 1 is 1.11 bits per heavy atom. The normalized spacial score (nSPS) is 12.1. The molecule has 0 unspecified atom stereocenters. The molecular weight excluding hydrogens is 236 g/mol. The van der Waals surface area contributed by atoms with Crippen LogP contribution in [0.5, 0.6) is 5.75 Å². The third-order valence-electron chi connectivity index (χ3n) is 2.91. The summed E-state index contributed by atoms with van der Waals surface area (Å²) in [5.74, 6) is 0.931. The summed E-state index contributed by atoms with van der Waals surface area (Å²) < 4.78 is 5.64. The van der Waals surface area contributed by atoms with E-state index in [1.807, 2.05) is 54.7 Å². The number of nitrogens with zero attached hydrogens (tertiary/aromatic N) is 1.